The molecule has 0 fully saturated rings. The van der Waals surface area contributed by atoms with E-state index < -0.39 is 11.8 Å². The van der Waals surface area contributed by atoms with E-state index >= 15 is 0 Å². The van der Waals surface area contributed by atoms with Gasteiger partial charge >= 0.3 is 0 Å². The lowest BCUT2D eigenvalue weighted by atomic mass is 9.71. The van der Waals surface area contributed by atoms with Crippen molar-refractivity contribution in [3.05, 3.63) is 59.4 Å². The minimum absolute atomic E-state index is 0.0380. The average Bonchev–Trinajstić information content (AvgIpc) is 2.78. The number of aromatic nitrogens is 1. The Morgan fingerprint density at radius 2 is 1.97 bits per heavy atom. The van der Waals surface area contributed by atoms with Crippen molar-refractivity contribution in [1.82, 2.24) is 4.98 Å². The summed E-state index contributed by atoms with van der Waals surface area (Å²) in [7, 11) is 3.16. The first-order valence-electron chi connectivity index (χ1n) is 10.3. The van der Waals surface area contributed by atoms with E-state index in [-0.39, 0.29) is 11.7 Å². The molecule has 1 amide bonds. The molecule has 0 saturated carbocycles. The van der Waals surface area contributed by atoms with E-state index in [9.17, 15) is 9.59 Å². The molecule has 1 aromatic heterocycles. The number of rotatable bonds is 5. The summed E-state index contributed by atoms with van der Waals surface area (Å²) in [6.45, 7) is 1.84. The number of Topliss-reactive ketones (excluding diaryl/α,β-unsaturated/α-hetero) is 1. The summed E-state index contributed by atoms with van der Waals surface area (Å²) >= 11 is 0. The largest absolute Gasteiger partial charge is 0.497 e. The molecule has 2 aromatic rings. The molecule has 2 aliphatic rings. The fourth-order valence-electron chi connectivity index (χ4n) is 4.40. The van der Waals surface area contributed by atoms with Crippen LogP contribution in [0.25, 0.3) is 0 Å². The highest BCUT2D eigenvalue weighted by molar-refractivity contribution is 6.13. The molecule has 31 heavy (non-hydrogen) atoms. The molecule has 0 saturated heterocycles. The van der Waals surface area contributed by atoms with Gasteiger partial charge in [-0.3, -0.25) is 14.6 Å². The number of pyridine rings is 1. The van der Waals surface area contributed by atoms with E-state index in [1.807, 2.05) is 19.1 Å². The summed E-state index contributed by atoms with van der Waals surface area (Å²) in [5.74, 6) is 0.287. The van der Waals surface area contributed by atoms with Crippen LogP contribution < -0.4 is 14.8 Å². The summed E-state index contributed by atoms with van der Waals surface area (Å²) < 4.78 is 11.0. The van der Waals surface area contributed by atoms with Crippen LogP contribution in [-0.2, 0) is 9.59 Å². The van der Waals surface area contributed by atoms with Crippen molar-refractivity contribution >= 4 is 23.2 Å². The smallest absolute Gasteiger partial charge is 0.235 e. The minimum Gasteiger partial charge on any atom is -0.497 e. The zero-order valence-electron chi connectivity index (χ0n) is 17.8. The van der Waals surface area contributed by atoms with Gasteiger partial charge in [0.1, 0.15) is 17.3 Å². The first kappa shape index (κ1) is 20.8. The van der Waals surface area contributed by atoms with Gasteiger partial charge in [0.15, 0.2) is 5.78 Å². The Bertz CT molecular complexity index is 1080. The van der Waals surface area contributed by atoms with Gasteiger partial charge in [0, 0.05) is 47.1 Å². The Hall–Kier alpha value is -3.48. The molecule has 1 N–H and O–H groups in total. The predicted octanol–water partition coefficient (Wildman–Crippen LogP) is 3.92. The lowest BCUT2D eigenvalue weighted by molar-refractivity contribution is -0.119. The van der Waals surface area contributed by atoms with E-state index in [1.165, 1.54) is 0 Å². The van der Waals surface area contributed by atoms with E-state index in [0.29, 0.717) is 35.0 Å². The molecule has 7 heteroatoms. The number of benzene rings is 1. The lowest BCUT2D eigenvalue weighted by Crippen LogP contribution is -2.39. The SMILES string of the molecule is COc1ccc(C2C3=C(CCCC3=O)N=C(C)C2C(=O)Nc2ccccn2)c(OC)c1. The first-order chi connectivity index (χ1) is 15.0. The van der Waals surface area contributed by atoms with Crippen LogP contribution in [0.2, 0.25) is 0 Å². The number of nitrogens with zero attached hydrogens (tertiary/aromatic N) is 2. The third-order valence-corrected chi connectivity index (χ3v) is 5.81. The second kappa shape index (κ2) is 8.71. The van der Waals surface area contributed by atoms with E-state index in [0.717, 1.165) is 24.1 Å². The molecule has 7 nitrogen and oxygen atoms in total. The molecule has 2 atom stereocenters. The van der Waals surface area contributed by atoms with Crippen LogP contribution in [0.4, 0.5) is 5.82 Å². The van der Waals surface area contributed by atoms with Gasteiger partial charge in [0.05, 0.1) is 20.1 Å². The first-order valence-corrected chi connectivity index (χ1v) is 10.3. The second-order valence-electron chi connectivity index (χ2n) is 7.66. The maximum absolute atomic E-state index is 13.4. The number of hydrogen-bond acceptors (Lipinski definition) is 6. The van der Waals surface area contributed by atoms with Crippen molar-refractivity contribution in [3.63, 3.8) is 0 Å². The van der Waals surface area contributed by atoms with E-state index in [1.54, 1.807) is 44.7 Å². The molecule has 1 aliphatic carbocycles. The number of ether oxygens (including phenoxy) is 2. The van der Waals surface area contributed by atoms with Crippen LogP contribution in [-0.4, -0.2) is 36.6 Å². The van der Waals surface area contributed by atoms with E-state index in [2.05, 4.69) is 10.3 Å². The van der Waals surface area contributed by atoms with Gasteiger partial charge in [-0.15, -0.1) is 0 Å². The number of carbonyl (C=O) groups excluding carboxylic acids is 2. The second-order valence-corrected chi connectivity index (χ2v) is 7.66. The summed E-state index contributed by atoms with van der Waals surface area (Å²) in [5, 5.41) is 2.88. The average molecular weight is 419 g/mol. The van der Waals surface area contributed by atoms with Gasteiger partial charge in [-0.05, 0) is 38.0 Å². The lowest BCUT2D eigenvalue weighted by Gasteiger charge is -2.35. The normalized spacial score (nSPS) is 20.6. The van der Waals surface area contributed by atoms with Crippen LogP contribution in [0.3, 0.4) is 0 Å². The summed E-state index contributed by atoms with van der Waals surface area (Å²) in [6.07, 6.45) is 3.57. The van der Waals surface area contributed by atoms with Gasteiger partial charge in [0.2, 0.25) is 5.91 Å². The van der Waals surface area contributed by atoms with Crippen molar-refractivity contribution in [2.75, 3.05) is 19.5 Å². The van der Waals surface area contributed by atoms with Crippen LogP contribution >= 0.6 is 0 Å². The molecule has 2 heterocycles. The van der Waals surface area contributed by atoms with Crippen LogP contribution in [0.1, 0.15) is 37.7 Å². The number of aliphatic imine (C=N–C) groups is 1. The van der Waals surface area contributed by atoms with Crippen molar-refractivity contribution in [2.45, 2.75) is 32.1 Å². The molecule has 2 unspecified atom stereocenters. The highest BCUT2D eigenvalue weighted by Gasteiger charge is 2.43. The molecular formula is C24H25N3O4. The number of hydrogen-bond donors (Lipinski definition) is 1. The molecule has 0 spiro atoms. The Morgan fingerprint density at radius 3 is 2.68 bits per heavy atom. The Kier molecular flexibility index (Phi) is 5.84. The number of nitrogens with one attached hydrogen (secondary N) is 1. The van der Waals surface area contributed by atoms with Crippen LogP contribution in [0.15, 0.2) is 58.9 Å². The quantitative estimate of drug-likeness (QED) is 0.793. The highest BCUT2D eigenvalue weighted by Crippen LogP contribution is 2.46. The van der Waals surface area contributed by atoms with Gasteiger partial charge in [-0.1, -0.05) is 12.1 Å². The van der Waals surface area contributed by atoms with Crippen LogP contribution in [0, 0.1) is 5.92 Å². The summed E-state index contributed by atoms with van der Waals surface area (Å²) in [5.41, 5.74) is 2.83. The molecule has 4 rings (SSSR count). The van der Waals surface area contributed by atoms with Gasteiger partial charge in [0.25, 0.3) is 0 Å². The molecule has 0 bridgehead atoms. The third kappa shape index (κ3) is 3.95. The van der Waals surface area contributed by atoms with Crippen molar-refractivity contribution in [2.24, 2.45) is 10.9 Å². The third-order valence-electron chi connectivity index (χ3n) is 5.81. The molecule has 1 aromatic carbocycles. The Morgan fingerprint density at radius 1 is 1.13 bits per heavy atom. The molecular weight excluding hydrogens is 394 g/mol. The number of amides is 1. The number of ketones is 1. The number of anilines is 1. The van der Waals surface area contributed by atoms with Crippen molar-refractivity contribution < 1.29 is 19.1 Å². The zero-order chi connectivity index (χ0) is 22.0. The zero-order valence-corrected chi connectivity index (χ0v) is 17.8. The van der Waals surface area contributed by atoms with Crippen molar-refractivity contribution in [1.29, 1.82) is 0 Å². The minimum atomic E-state index is -0.662. The number of allylic oxidation sites excluding steroid dienone is 2. The van der Waals surface area contributed by atoms with Gasteiger partial charge in [-0.25, -0.2) is 4.98 Å². The molecule has 0 radical (unpaired) electrons. The van der Waals surface area contributed by atoms with Gasteiger partial charge in [-0.2, -0.15) is 0 Å². The van der Waals surface area contributed by atoms with E-state index in [4.69, 9.17) is 14.5 Å². The maximum atomic E-state index is 13.4. The fourth-order valence-corrected chi connectivity index (χ4v) is 4.40. The van der Waals surface area contributed by atoms with Gasteiger partial charge < -0.3 is 14.8 Å². The standard InChI is InChI=1S/C24H25N3O4/c1-14-21(24(29)27-20-9-4-5-12-25-20)22(23-17(26-14)7-6-8-18(23)28)16-11-10-15(30-2)13-19(16)31-3/h4-5,9-13,21-22H,6-8H2,1-3H3,(H,25,27,29). The maximum Gasteiger partial charge on any atom is 0.235 e. The number of methoxy groups -OCH3 is 2. The topological polar surface area (TPSA) is 89.9 Å². The van der Waals surface area contributed by atoms with Crippen LogP contribution in [0.5, 0.6) is 11.5 Å². The van der Waals surface area contributed by atoms with Crippen molar-refractivity contribution in [3.8, 4) is 11.5 Å². The summed E-state index contributed by atoms with van der Waals surface area (Å²) in [4.78, 5) is 35.4. The summed E-state index contributed by atoms with van der Waals surface area (Å²) in [6, 6.07) is 10.8. The Balaban J connectivity index is 1.83. The predicted molar refractivity (Wildman–Crippen MR) is 118 cm³/mol. The molecule has 1 aliphatic heterocycles. The fraction of sp³-hybridized carbons (Fsp3) is 0.333. The Labute approximate surface area is 181 Å². The molecule has 160 valence electrons. The monoisotopic (exact) mass is 419 g/mol. The highest BCUT2D eigenvalue weighted by atomic mass is 16.5. The number of carbonyl (C=O) groups is 2.